The van der Waals surface area contributed by atoms with Gasteiger partial charge in [-0.2, -0.15) is 0 Å². The Kier molecular flexibility index (Phi) is 4.18. The number of aromatic nitrogens is 1. The Labute approximate surface area is 125 Å². The van der Waals surface area contributed by atoms with Crippen LogP contribution in [0.5, 0.6) is 0 Å². The van der Waals surface area contributed by atoms with E-state index >= 15 is 0 Å². The van der Waals surface area contributed by atoms with Crippen molar-refractivity contribution >= 4 is 22.7 Å². The van der Waals surface area contributed by atoms with Crippen LogP contribution in [0.25, 0.3) is 10.9 Å². The van der Waals surface area contributed by atoms with Crippen LogP contribution >= 0.6 is 11.8 Å². The van der Waals surface area contributed by atoms with Crippen LogP contribution in [-0.4, -0.2) is 36.3 Å². The number of fused-ring (bicyclic) bond motifs is 1. The molecule has 0 fully saturated rings. The number of nitrogens with one attached hydrogen (secondary N) is 1. The summed E-state index contributed by atoms with van der Waals surface area (Å²) in [5.74, 6) is 1.83. The summed E-state index contributed by atoms with van der Waals surface area (Å²) >= 11 is 1.92. The minimum atomic E-state index is 0.595. The van der Waals surface area contributed by atoms with Gasteiger partial charge in [0.05, 0.1) is 0 Å². The quantitative estimate of drug-likeness (QED) is 0.916. The predicted octanol–water partition coefficient (Wildman–Crippen LogP) is 4.01. The van der Waals surface area contributed by atoms with Gasteiger partial charge in [0.15, 0.2) is 0 Å². The molecule has 2 nitrogen and oxygen atoms in total. The molecule has 3 heteroatoms. The zero-order valence-corrected chi connectivity index (χ0v) is 13.0. The summed E-state index contributed by atoms with van der Waals surface area (Å²) in [6.07, 6.45) is 6.88. The smallest absolute Gasteiger partial charge is 0.0457 e. The van der Waals surface area contributed by atoms with Gasteiger partial charge in [0.25, 0.3) is 0 Å². The lowest BCUT2D eigenvalue weighted by atomic mass is 9.94. The van der Waals surface area contributed by atoms with E-state index in [0.717, 1.165) is 13.0 Å². The highest BCUT2D eigenvalue weighted by Gasteiger charge is 2.13. The first kappa shape index (κ1) is 13.8. The monoisotopic (exact) mass is 286 g/mol. The van der Waals surface area contributed by atoms with Crippen LogP contribution in [0.1, 0.15) is 23.5 Å². The number of allylic oxidation sites excluding steroid dienone is 1. The average Bonchev–Trinajstić information content (AvgIpc) is 2.88. The van der Waals surface area contributed by atoms with Crippen LogP contribution in [0.3, 0.4) is 0 Å². The largest absolute Gasteiger partial charge is 0.361 e. The number of benzene rings is 1. The van der Waals surface area contributed by atoms with Gasteiger partial charge in [-0.25, -0.2) is 0 Å². The Balaban J connectivity index is 1.90. The molecule has 0 amide bonds. The third-order valence-electron chi connectivity index (χ3n) is 4.00. The predicted molar refractivity (Wildman–Crippen MR) is 89.5 cm³/mol. The van der Waals surface area contributed by atoms with Gasteiger partial charge in [-0.05, 0) is 61.4 Å². The second-order valence-electron chi connectivity index (χ2n) is 5.77. The number of aromatic amines is 1. The summed E-state index contributed by atoms with van der Waals surface area (Å²) in [5, 5.41) is 3.65. The first-order valence-corrected chi connectivity index (χ1v) is 8.32. The average molecular weight is 286 g/mol. The fourth-order valence-corrected chi connectivity index (χ4v) is 3.59. The van der Waals surface area contributed by atoms with Gasteiger partial charge in [0, 0.05) is 29.6 Å². The van der Waals surface area contributed by atoms with Crippen LogP contribution in [-0.2, 0) is 6.42 Å². The molecule has 106 valence electrons. The molecular formula is C17H22N2S. The van der Waals surface area contributed by atoms with E-state index in [1.807, 2.05) is 11.8 Å². The van der Waals surface area contributed by atoms with E-state index in [0.29, 0.717) is 5.92 Å². The number of hydrogen-bond donors (Lipinski definition) is 1. The molecule has 2 heterocycles. The van der Waals surface area contributed by atoms with Crippen molar-refractivity contribution in [2.24, 2.45) is 0 Å². The van der Waals surface area contributed by atoms with Gasteiger partial charge in [-0.1, -0.05) is 12.1 Å². The van der Waals surface area contributed by atoms with Crippen molar-refractivity contribution < 1.29 is 0 Å². The molecule has 2 aromatic rings. The van der Waals surface area contributed by atoms with E-state index in [4.69, 9.17) is 0 Å². The van der Waals surface area contributed by atoms with Gasteiger partial charge >= 0.3 is 0 Å². The molecule has 20 heavy (non-hydrogen) atoms. The Bertz CT molecular complexity index is 612. The fourth-order valence-electron chi connectivity index (χ4n) is 2.77. The number of H-pyrrole nitrogens is 1. The van der Waals surface area contributed by atoms with Gasteiger partial charge in [-0.15, -0.1) is 11.8 Å². The first-order chi connectivity index (χ1) is 9.74. The van der Waals surface area contributed by atoms with Crippen molar-refractivity contribution in [2.45, 2.75) is 18.8 Å². The molecule has 1 unspecified atom stereocenters. The van der Waals surface area contributed by atoms with E-state index in [1.165, 1.54) is 34.2 Å². The maximum Gasteiger partial charge on any atom is 0.0457 e. The molecule has 0 bridgehead atoms. The summed E-state index contributed by atoms with van der Waals surface area (Å²) in [5.41, 5.74) is 4.15. The molecule has 0 saturated carbocycles. The third-order valence-corrected chi connectivity index (χ3v) is 4.82. The zero-order chi connectivity index (χ0) is 13.9. The van der Waals surface area contributed by atoms with Gasteiger partial charge in [0.1, 0.15) is 0 Å². The van der Waals surface area contributed by atoms with E-state index < -0.39 is 0 Å². The number of thioether (sulfide) groups is 1. The van der Waals surface area contributed by atoms with E-state index in [1.54, 1.807) is 0 Å². The highest BCUT2D eigenvalue weighted by atomic mass is 32.2. The number of rotatable bonds is 4. The Morgan fingerprint density at radius 3 is 3.00 bits per heavy atom. The van der Waals surface area contributed by atoms with Crippen LogP contribution in [0.2, 0.25) is 0 Å². The van der Waals surface area contributed by atoms with Crippen molar-refractivity contribution in [3.05, 3.63) is 47.0 Å². The highest BCUT2D eigenvalue weighted by Crippen LogP contribution is 2.31. The van der Waals surface area contributed by atoms with Crippen molar-refractivity contribution in [2.75, 3.05) is 26.4 Å². The highest BCUT2D eigenvalue weighted by molar-refractivity contribution is 8.02. The van der Waals surface area contributed by atoms with Gasteiger partial charge in [-0.3, -0.25) is 0 Å². The number of nitrogens with zero attached hydrogens (tertiary/aromatic N) is 1. The molecule has 1 aliphatic rings. The molecule has 1 aliphatic heterocycles. The first-order valence-electron chi connectivity index (χ1n) is 7.27. The summed E-state index contributed by atoms with van der Waals surface area (Å²) in [7, 11) is 4.26. The Morgan fingerprint density at radius 2 is 2.25 bits per heavy atom. The number of likely N-dealkylation sites (N-methyl/N-ethyl adjacent to an activating group) is 1. The standard InChI is InChI=1S/C17H22N2S/c1-19(2)8-5-15-12-18-17-4-3-14(11-16(15)17)13-6-9-20-10-7-13/h3-4,6,9,11-13,18H,5,7-8,10H2,1-2H3. The van der Waals surface area contributed by atoms with E-state index in [-0.39, 0.29) is 0 Å². The molecule has 0 saturated heterocycles. The maximum atomic E-state index is 3.40. The molecule has 0 aliphatic carbocycles. The van der Waals surface area contributed by atoms with Crippen LogP contribution in [0, 0.1) is 0 Å². The SMILES string of the molecule is CN(C)CCc1c[nH]c2ccc(C3C=CSCC3)cc12. The van der Waals surface area contributed by atoms with Crippen molar-refractivity contribution in [1.29, 1.82) is 0 Å². The van der Waals surface area contributed by atoms with E-state index in [9.17, 15) is 0 Å². The van der Waals surface area contributed by atoms with E-state index in [2.05, 4.69) is 59.9 Å². The minimum absolute atomic E-state index is 0.595. The zero-order valence-electron chi connectivity index (χ0n) is 12.2. The van der Waals surface area contributed by atoms with Crippen LogP contribution in [0.15, 0.2) is 35.9 Å². The molecular weight excluding hydrogens is 264 g/mol. The molecule has 1 N–H and O–H groups in total. The second-order valence-corrected chi connectivity index (χ2v) is 6.78. The van der Waals surface area contributed by atoms with Gasteiger partial charge < -0.3 is 9.88 Å². The normalized spacial score (nSPS) is 19.1. The molecule has 0 spiro atoms. The molecule has 3 rings (SSSR count). The molecule has 1 atom stereocenters. The Morgan fingerprint density at radius 1 is 1.35 bits per heavy atom. The van der Waals surface area contributed by atoms with Crippen molar-refractivity contribution in [3.63, 3.8) is 0 Å². The van der Waals surface area contributed by atoms with Crippen LogP contribution in [0.4, 0.5) is 0 Å². The molecule has 0 radical (unpaired) electrons. The lowest BCUT2D eigenvalue weighted by Crippen LogP contribution is -2.14. The summed E-state index contributed by atoms with van der Waals surface area (Å²) < 4.78 is 0. The summed E-state index contributed by atoms with van der Waals surface area (Å²) in [6.45, 7) is 1.09. The molecule has 1 aromatic heterocycles. The minimum Gasteiger partial charge on any atom is -0.361 e. The maximum absolute atomic E-state index is 3.40. The van der Waals surface area contributed by atoms with Crippen LogP contribution < -0.4 is 0 Å². The molecule has 1 aromatic carbocycles. The van der Waals surface area contributed by atoms with Gasteiger partial charge in [0.2, 0.25) is 0 Å². The van der Waals surface area contributed by atoms with Crippen molar-refractivity contribution in [3.8, 4) is 0 Å². The summed E-state index contributed by atoms with van der Waals surface area (Å²) in [4.78, 5) is 5.64. The van der Waals surface area contributed by atoms with Crippen molar-refractivity contribution in [1.82, 2.24) is 9.88 Å². The Hall–Kier alpha value is -1.19. The lowest BCUT2D eigenvalue weighted by molar-refractivity contribution is 0.414. The topological polar surface area (TPSA) is 19.0 Å². The second kappa shape index (κ2) is 6.06. The lowest BCUT2D eigenvalue weighted by Gasteiger charge is -2.16. The number of hydrogen-bond acceptors (Lipinski definition) is 2. The summed E-state index contributed by atoms with van der Waals surface area (Å²) in [6, 6.07) is 6.90. The fraction of sp³-hybridized carbons (Fsp3) is 0.412. The third kappa shape index (κ3) is 2.94.